The summed E-state index contributed by atoms with van der Waals surface area (Å²) in [6, 6.07) is 0.820. The summed E-state index contributed by atoms with van der Waals surface area (Å²) in [5, 5.41) is 1.95. The highest BCUT2D eigenvalue weighted by Gasteiger charge is 2.24. The average Bonchev–Trinajstić information content (AvgIpc) is 2.20. The molecule has 0 aromatic heterocycles. The number of nitrogens with zero attached hydrogens (tertiary/aromatic N) is 2. The van der Waals surface area contributed by atoms with Gasteiger partial charge in [-0.25, -0.2) is 5.01 Å². The topological polar surface area (TPSA) is 32.5 Å². The van der Waals surface area contributed by atoms with Crippen LogP contribution in [0.3, 0.4) is 0 Å². The molecule has 0 unspecified atom stereocenters. The number of nitrogens with two attached hydrogens (primary N) is 1. The van der Waals surface area contributed by atoms with Gasteiger partial charge in [0.1, 0.15) is 0 Å². The number of rotatable bonds is 1. The second-order valence-corrected chi connectivity index (χ2v) is 5.14. The first-order chi connectivity index (χ1) is 6.36. The second kappa shape index (κ2) is 4.64. The van der Waals surface area contributed by atoms with Crippen molar-refractivity contribution in [2.75, 3.05) is 37.7 Å². The zero-order valence-electron chi connectivity index (χ0n) is 8.11. The van der Waals surface area contributed by atoms with E-state index in [1.807, 2.05) is 5.01 Å². The number of piperidine rings is 1. The van der Waals surface area contributed by atoms with Gasteiger partial charge in [-0.3, -0.25) is 10.7 Å². The predicted molar refractivity (Wildman–Crippen MR) is 57.7 cm³/mol. The highest BCUT2D eigenvalue weighted by atomic mass is 32.2. The normalized spacial score (nSPS) is 29.3. The lowest BCUT2D eigenvalue weighted by atomic mass is 10.0. The smallest absolute Gasteiger partial charge is 0.0143 e. The summed E-state index contributed by atoms with van der Waals surface area (Å²) in [6.07, 6.45) is 2.53. The van der Waals surface area contributed by atoms with Gasteiger partial charge >= 0.3 is 0 Å². The molecule has 2 fully saturated rings. The molecule has 0 radical (unpaired) electrons. The minimum Gasteiger partial charge on any atom is -0.299 e. The van der Waals surface area contributed by atoms with Crippen LogP contribution in [0.4, 0.5) is 0 Å². The van der Waals surface area contributed by atoms with Crippen LogP contribution in [0.2, 0.25) is 0 Å². The third kappa shape index (κ3) is 2.59. The molecule has 2 N–H and O–H groups in total. The van der Waals surface area contributed by atoms with Gasteiger partial charge < -0.3 is 0 Å². The molecular weight excluding hydrogens is 182 g/mol. The van der Waals surface area contributed by atoms with Crippen molar-refractivity contribution in [1.29, 1.82) is 0 Å². The second-order valence-electron chi connectivity index (χ2n) is 3.92. The summed E-state index contributed by atoms with van der Waals surface area (Å²) in [5.74, 6) is 8.38. The van der Waals surface area contributed by atoms with E-state index in [0.717, 1.165) is 19.1 Å². The monoisotopic (exact) mass is 201 g/mol. The molecule has 2 rings (SSSR count). The third-order valence-electron chi connectivity index (χ3n) is 3.06. The van der Waals surface area contributed by atoms with E-state index < -0.39 is 0 Å². The van der Waals surface area contributed by atoms with Gasteiger partial charge in [-0.2, -0.15) is 11.8 Å². The first-order valence-corrected chi connectivity index (χ1v) is 6.33. The van der Waals surface area contributed by atoms with Gasteiger partial charge in [0.05, 0.1) is 0 Å². The molecule has 4 heteroatoms. The maximum Gasteiger partial charge on any atom is 0.0143 e. The number of thioether (sulfide) groups is 1. The van der Waals surface area contributed by atoms with Crippen LogP contribution in [0.5, 0.6) is 0 Å². The first-order valence-electron chi connectivity index (χ1n) is 5.18. The van der Waals surface area contributed by atoms with Gasteiger partial charge in [0, 0.05) is 43.7 Å². The van der Waals surface area contributed by atoms with E-state index in [9.17, 15) is 0 Å². The zero-order valence-corrected chi connectivity index (χ0v) is 8.93. The minimum absolute atomic E-state index is 0.820. The van der Waals surface area contributed by atoms with E-state index in [1.54, 1.807) is 0 Å². The summed E-state index contributed by atoms with van der Waals surface area (Å²) in [4.78, 5) is 2.66. The van der Waals surface area contributed by atoms with Crippen LogP contribution in [0.25, 0.3) is 0 Å². The number of hydrogen-bond donors (Lipinski definition) is 1. The van der Waals surface area contributed by atoms with Gasteiger partial charge in [0.25, 0.3) is 0 Å². The Morgan fingerprint density at radius 2 is 1.62 bits per heavy atom. The summed E-state index contributed by atoms with van der Waals surface area (Å²) in [5.41, 5.74) is 0. The molecular formula is C9H19N3S. The minimum atomic E-state index is 0.820. The van der Waals surface area contributed by atoms with Crippen molar-refractivity contribution in [3.05, 3.63) is 0 Å². The Morgan fingerprint density at radius 3 is 2.23 bits per heavy atom. The van der Waals surface area contributed by atoms with Crippen LogP contribution >= 0.6 is 11.8 Å². The molecule has 3 nitrogen and oxygen atoms in total. The molecule has 0 saturated carbocycles. The van der Waals surface area contributed by atoms with E-state index in [1.165, 1.54) is 37.4 Å². The maximum absolute atomic E-state index is 5.74. The Bertz CT molecular complexity index is 151. The molecule has 2 aliphatic rings. The summed E-state index contributed by atoms with van der Waals surface area (Å²) >= 11 is 2.09. The van der Waals surface area contributed by atoms with E-state index in [-0.39, 0.29) is 0 Å². The summed E-state index contributed by atoms with van der Waals surface area (Å²) < 4.78 is 0. The third-order valence-corrected chi connectivity index (χ3v) is 4.00. The Balaban J connectivity index is 1.79. The van der Waals surface area contributed by atoms with Crippen molar-refractivity contribution in [3.8, 4) is 0 Å². The van der Waals surface area contributed by atoms with Crippen molar-refractivity contribution in [3.63, 3.8) is 0 Å². The largest absolute Gasteiger partial charge is 0.299 e. The molecule has 2 saturated heterocycles. The fourth-order valence-electron chi connectivity index (χ4n) is 2.19. The van der Waals surface area contributed by atoms with Crippen LogP contribution in [0, 0.1) is 0 Å². The van der Waals surface area contributed by atoms with Crippen molar-refractivity contribution in [1.82, 2.24) is 9.91 Å². The van der Waals surface area contributed by atoms with Gasteiger partial charge in [-0.1, -0.05) is 0 Å². The van der Waals surface area contributed by atoms with Crippen molar-refractivity contribution >= 4 is 11.8 Å². The van der Waals surface area contributed by atoms with Crippen LogP contribution in [0.1, 0.15) is 12.8 Å². The van der Waals surface area contributed by atoms with Crippen molar-refractivity contribution in [2.45, 2.75) is 18.9 Å². The number of hydrogen-bond acceptors (Lipinski definition) is 4. The molecule has 0 bridgehead atoms. The first kappa shape index (κ1) is 9.77. The van der Waals surface area contributed by atoms with Gasteiger partial charge in [0.2, 0.25) is 0 Å². The summed E-state index contributed by atoms with van der Waals surface area (Å²) in [6.45, 7) is 4.74. The Hall–Kier alpha value is 0.230. The standard InChI is InChI=1S/C9H19N3S/c10-12-3-1-9(2-4-12)11-5-7-13-8-6-11/h9H,1-8,10H2. The van der Waals surface area contributed by atoms with Crippen molar-refractivity contribution < 1.29 is 0 Å². The van der Waals surface area contributed by atoms with Gasteiger partial charge in [0.15, 0.2) is 0 Å². The fourth-order valence-corrected chi connectivity index (χ4v) is 3.12. The Kier molecular flexibility index (Phi) is 3.49. The Morgan fingerprint density at radius 1 is 1.00 bits per heavy atom. The van der Waals surface area contributed by atoms with Crippen LogP contribution in [-0.2, 0) is 0 Å². The molecule has 0 aromatic carbocycles. The Labute approximate surface area is 84.6 Å². The summed E-state index contributed by atoms with van der Waals surface area (Å²) in [7, 11) is 0. The average molecular weight is 201 g/mol. The van der Waals surface area contributed by atoms with Gasteiger partial charge in [-0.15, -0.1) is 0 Å². The van der Waals surface area contributed by atoms with Crippen LogP contribution in [0.15, 0.2) is 0 Å². The molecule has 0 aliphatic carbocycles. The lowest BCUT2D eigenvalue weighted by Gasteiger charge is -2.38. The SMILES string of the molecule is NN1CCC(N2CCSCC2)CC1. The lowest BCUT2D eigenvalue weighted by molar-refractivity contribution is 0.117. The number of hydrazine groups is 1. The van der Waals surface area contributed by atoms with Gasteiger partial charge in [-0.05, 0) is 12.8 Å². The highest BCUT2D eigenvalue weighted by molar-refractivity contribution is 7.99. The molecule has 0 atom stereocenters. The molecule has 13 heavy (non-hydrogen) atoms. The van der Waals surface area contributed by atoms with E-state index >= 15 is 0 Å². The quantitative estimate of drug-likeness (QED) is 0.622. The molecule has 0 aromatic rings. The van der Waals surface area contributed by atoms with E-state index in [2.05, 4.69) is 16.7 Å². The molecule has 2 heterocycles. The van der Waals surface area contributed by atoms with E-state index in [4.69, 9.17) is 5.84 Å². The molecule has 2 aliphatic heterocycles. The molecule has 76 valence electrons. The fraction of sp³-hybridized carbons (Fsp3) is 1.00. The van der Waals surface area contributed by atoms with Crippen molar-refractivity contribution in [2.24, 2.45) is 5.84 Å². The predicted octanol–water partition coefficient (Wildman–Crippen LogP) is 0.373. The van der Waals surface area contributed by atoms with Crippen LogP contribution in [-0.4, -0.2) is 53.6 Å². The lowest BCUT2D eigenvalue weighted by Crippen LogP contribution is -2.49. The van der Waals surface area contributed by atoms with E-state index in [0.29, 0.717) is 0 Å². The van der Waals surface area contributed by atoms with Crippen LogP contribution < -0.4 is 5.84 Å². The highest BCUT2D eigenvalue weighted by Crippen LogP contribution is 2.18. The molecule has 0 amide bonds. The maximum atomic E-state index is 5.74. The molecule has 0 spiro atoms. The zero-order chi connectivity index (χ0) is 9.10.